The first kappa shape index (κ1) is 35.9. The Labute approximate surface area is 295 Å². The Kier molecular flexibility index (Phi) is 10.8. The molecule has 6 rings (SSSR count). The van der Waals surface area contributed by atoms with E-state index in [-0.39, 0.29) is 60.0 Å². The van der Waals surface area contributed by atoms with E-state index in [1.54, 1.807) is 21.9 Å². The van der Waals surface area contributed by atoms with E-state index in [1.165, 1.54) is 18.6 Å². The van der Waals surface area contributed by atoms with Gasteiger partial charge in [-0.1, -0.05) is 61.7 Å². The van der Waals surface area contributed by atoms with Crippen LogP contribution in [0.1, 0.15) is 89.7 Å². The molecule has 270 valence electrons. The molecule has 2 heterocycles. The molecular weight excluding hydrogens is 635 g/mol. The van der Waals surface area contributed by atoms with Crippen molar-refractivity contribution in [3.05, 3.63) is 71.5 Å². The highest BCUT2D eigenvalue weighted by Gasteiger charge is 2.52. The van der Waals surface area contributed by atoms with Crippen LogP contribution in [0.5, 0.6) is 0 Å². The Morgan fingerprint density at radius 3 is 2.24 bits per heavy atom. The lowest BCUT2D eigenvalue weighted by Gasteiger charge is -2.48. The van der Waals surface area contributed by atoms with Crippen LogP contribution >= 0.6 is 0 Å². The van der Waals surface area contributed by atoms with Gasteiger partial charge in [0.1, 0.15) is 18.5 Å². The van der Waals surface area contributed by atoms with Crippen molar-refractivity contribution in [1.82, 2.24) is 20.4 Å². The number of carbonyl (C=O) groups is 4. The zero-order valence-corrected chi connectivity index (χ0v) is 29.8. The summed E-state index contributed by atoms with van der Waals surface area (Å²) in [6.45, 7) is 7.58. The van der Waals surface area contributed by atoms with Gasteiger partial charge in [-0.05, 0) is 94.4 Å². The summed E-state index contributed by atoms with van der Waals surface area (Å²) in [6.07, 6.45) is 7.79. The van der Waals surface area contributed by atoms with Crippen molar-refractivity contribution in [3.63, 3.8) is 0 Å². The highest BCUT2D eigenvalue weighted by atomic mass is 19.1. The second-order valence-corrected chi connectivity index (χ2v) is 16.1. The minimum absolute atomic E-state index is 0.0864. The number of nitrogens with one attached hydrogen (secondary N) is 2. The van der Waals surface area contributed by atoms with Gasteiger partial charge in [-0.3, -0.25) is 14.4 Å². The summed E-state index contributed by atoms with van der Waals surface area (Å²) in [4.78, 5) is 58.8. The molecular formula is C40H53FN4O5. The summed E-state index contributed by atoms with van der Waals surface area (Å²) < 4.78 is 19.4. The molecule has 2 aliphatic heterocycles. The van der Waals surface area contributed by atoms with E-state index in [0.717, 1.165) is 43.2 Å². The minimum Gasteiger partial charge on any atom is -0.445 e. The maximum atomic E-state index is 14.3. The number of hydrogen-bond acceptors (Lipinski definition) is 5. The third kappa shape index (κ3) is 8.16. The number of fused-ring (bicyclic) bond motifs is 2. The fraction of sp³-hybridized carbons (Fsp3) is 0.600. The molecule has 0 aromatic heterocycles. The molecule has 0 unspecified atom stereocenters. The Morgan fingerprint density at radius 1 is 0.920 bits per heavy atom. The average molecular weight is 689 g/mol. The van der Waals surface area contributed by atoms with Gasteiger partial charge in [0, 0.05) is 37.6 Å². The van der Waals surface area contributed by atoms with Gasteiger partial charge >= 0.3 is 6.09 Å². The predicted octanol–water partition coefficient (Wildman–Crippen LogP) is 6.00. The molecule has 4 atom stereocenters. The number of ether oxygens (including phenoxy) is 1. The molecule has 4 amide bonds. The van der Waals surface area contributed by atoms with Gasteiger partial charge in [0.15, 0.2) is 0 Å². The lowest BCUT2D eigenvalue weighted by Crippen LogP contribution is -2.59. The van der Waals surface area contributed by atoms with Crippen LogP contribution in [0.25, 0.3) is 0 Å². The maximum absolute atomic E-state index is 14.3. The van der Waals surface area contributed by atoms with E-state index in [2.05, 4.69) is 10.6 Å². The first-order valence-corrected chi connectivity index (χ1v) is 18.6. The number of hydrogen-bond donors (Lipinski definition) is 2. The van der Waals surface area contributed by atoms with Crippen molar-refractivity contribution >= 4 is 23.8 Å². The number of piperidine rings is 2. The third-order valence-electron chi connectivity index (χ3n) is 11.5. The average Bonchev–Trinajstić information content (AvgIpc) is 3.73. The molecule has 4 aliphatic rings. The monoisotopic (exact) mass is 688 g/mol. The lowest BCUT2D eigenvalue weighted by atomic mass is 9.63. The second kappa shape index (κ2) is 15.1. The van der Waals surface area contributed by atoms with Crippen LogP contribution in [0.2, 0.25) is 0 Å². The Balaban J connectivity index is 1.15. The summed E-state index contributed by atoms with van der Waals surface area (Å²) in [5.41, 5.74) is 0.749. The zero-order valence-electron chi connectivity index (χ0n) is 29.8. The quantitative estimate of drug-likeness (QED) is 0.336. The molecule has 2 saturated carbocycles. The van der Waals surface area contributed by atoms with E-state index in [9.17, 15) is 23.6 Å². The number of likely N-dealkylation sites (tertiary alicyclic amines) is 2. The van der Waals surface area contributed by atoms with E-state index >= 15 is 0 Å². The van der Waals surface area contributed by atoms with Gasteiger partial charge in [-0.2, -0.15) is 0 Å². The number of rotatable bonds is 9. The van der Waals surface area contributed by atoms with Crippen molar-refractivity contribution in [1.29, 1.82) is 0 Å². The molecule has 4 fully saturated rings. The number of carbonyl (C=O) groups excluding carboxylic acids is 4. The largest absolute Gasteiger partial charge is 0.445 e. The highest BCUT2D eigenvalue weighted by molar-refractivity contribution is 5.90. The van der Waals surface area contributed by atoms with Gasteiger partial charge in [-0.15, -0.1) is 0 Å². The molecule has 2 bridgehead atoms. The molecule has 2 N–H and O–H groups in total. The summed E-state index contributed by atoms with van der Waals surface area (Å²) in [5.74, 6) is -0.710. The molecule has 2 saturated heterocycles. The first-order valence-electron chi connectivity index (χ1n) is 18.6. The van der Waals surface area contributed by atoms with Gasteiger partial charge in [0.2, 0.25) is 17.7 Å². The Hall–Kier alpha value is -3.95. The predicted molar refractivity (Wildman–Crippen MR) is 188 cm³/mol. The topological polar surface area (TPSA) is 108 Å². The highest BCUT2D eigenvalue weighted by Crippen LogP contribution is 2.47. The smallest absolute Gasteiger partial charge is 0.410 e. The fourth-order valence-corrected chi connectivity index (χ4v) is 8.94. The van der Waals surface area contributed by atoms with Crippen LogP contribution in [0.4, 0.5) is 9.18 Å². The normalized spacial score (nSPS) is 24.0. The van der Waals surface area contributed by atoms with Crippen molar-refractivity contribution < 1.29 is 28.3 Å². The van der Waals surface area contributed by atoms with Gasteiger partial charge in [0.05, 0.1) is 11.3 Å². The first-order chi connectivity index (χ1) is 23.9. The van der Waals surface area contributed by atoms with Gasteiger partial charge < -0.3 is 25.2 Å². The lowest BCUT2D eigenvalue weighted by molar-refractivity contribution is -0.147. The summed E-state index contributed by atoms with van der Waals surface area (Å²) >= 11 is 0. The number of benzene rings is 2. The molecule has 10 heteroatoms. The second-order valence-electron chi connectivity index (χ2n) is 16.1. The number of nitrogens with zero attached hydrogens (tertiary/aromatic N) is 2. The minimum atomic E-state index is -0.865. The van der Waals surface area contributed by atoms with E-state index < -0.39 is 23.5 Å². The molecule has 50 heavy (non-hydrogen) atoms. The number of amides is 4. The molecule has 0 spiro atoms. The Bertz CT molecular complexity index is 1510. The van der Waals surface area contributed by atoms with Crippen LogP contribution in [0, 0.1) is 29.0 Å². The van der Waals surface area contributed by atoms with Crippen LogP contribution in [0.15, 0.2) is 54.6 Å². The van der Waals surface area contributed by atoms with E-state index in [0.29, 0.717) is 38.9 Å². The van der Waals surface area contributed by atoms with Crippen molar-refractivity contribution in [2.75, 3.05) is 19.6 Å². The molecule has 0 radical (unpaired) electrons. The van der Waals surface area contributed by atoms with Crippen LogP contribution in [-0.4, -0.2) is 70.9 Å². The summed E-state index contributed by atoms with van der Waals surface area (Å²) in [7, 11) is 0. The Morgan fingerprint density at radius 2 is 1.60 bits per heavy atom. The maximum Gasteiger partial charge on any atom is 0.410 e. The fourth-order valence-electron chi connectivity index (χ4n) is 8.94. The standard InChI is InChI=1S/C40H53FN4O5/c1-39(2,3)43-37(48)40(30-12-8-5-9-13-30)18-20-44(21-19-40)36(47)33(23-27-14-16-31(41)17-15-27)42-35(46)32-22-29-24-34(32)45(25-29)38(49)50-26-28-10-6-4-7-11-28/h4,6-7,10-11,14-17,29-30,32-34H,5,8-9,12-13,18-26H2,1-3H3,(H,42,46)(H,43,48)/t29-,32-,33+,34+/m0/s1. The van der Waals surface area contributed by atoms with E-state index in [1.807, 2.05) is 51.1 Å². The van der Waals surface area contributed by atoms with Crippen molar-refractivity contribution in [2.24, 2.45) is 23.2 Å². The zero-order chi connectivity index (χ0) is 35.5. The molecule has 2 aromatic rings. The van der Waals surface area contributed by atoms with Gasteiger partial charge in [-0.25, -0.2) is 9.18 Å². The SMILES string of the molecule is CC(C)(C)NC(=O)C1(C2CCCCC2)CCN(C(=O)[C@@H](Cc2ccc(F)cc2)NC(=O)[C@H]2C[C@H]3C[C@H]2N(C(=O)OCc2ccccc2)C3)CC1. The van der Waals surface area contributed by atoms with Crippen molar-refractivity contribution in [3.8, 4) is 0 Å². The summed E-state index contributed by atoms with van der Waals surface area (Å²) in [5, 5.41) is 6.34. The molecule has 2 aromatic carbocycles. The van der Waals surface area contributed by atoms with Crippen LogP contribution < -0.4 is 10.6 Å². The summed E-state index contributed by atoms with van der Waals surface area (Å²) in [6, 6.07) is 14.3. The third-order valence-corrected chi connectivity index (χ3v) is 11.5. The molecule has 2 aliphatic carbocycles. The number of halogens is 1. The van der Waals surface area contributed by atoms with E-state index in [4.69, 9.17) is 4.74 Å². The van der Waals surface area contributed by atoms with Crippen LogP contribution in [-0.2, 0) is 32.1 Å². The van der Waals surface area contributed by atoms with Crippen molar-refractivity contribution in [2.45, 2.75) is 109 Å². The molecule has 9 nitrogen and oxygen atoms in total. The van der Waals surface area contributed by atoms with Gasteiger partial charge in [0.25, 0.3) is 0 Å². The van der Waals surface area contributed by atoms with Crippen LogP contribution in [0.3, 0.4) is 0 Å².